The summed E-state index contributed by atoms with van der Waals surface area (Å²) < 4.78 is 5.26. The zero-order chi connectivity index (χ0) is 22.8. The van der Waals surface area contributed by atoms with E-state index < -0.39 is 6.03 Å². The van der Waals surface area contributed by atoms with Gasteiger partial charge in [-0.1, -0.05) is 43.6 Å². The van der Waals surface area contributed by atoms with Crippen molar-refractivity contribution in [3.63, 3.8) is 0 Å². The number of carbonyl (C=O) groups is 2. The van der Waals surface area contributed by atoms with Crippen LogP contribution in [0.1, 0.15) is 53.6 Å². The smallest absolute Gasteiger partial charge is 0.324 e. The third-order valence-electron chi connectivity index (χ3n) is 4.80. The molecular weight excluding hydrogens is 392 g/mol. The van der Waals surface area contributed by atoms with Gasteiger partial charge < -0.3 is 15.2 Å². The van der Waals surface area contributed by atoms with Crippen molar-refractivity contribution in [2.75, 3.05) is 16.0 Å². The van der Waals surface area contributed by atoms with Crippen LogP contribution >= 0.6 is 0 Å². The van der Waals surface area contributed by atoms with E-state index in [1.807, 2.05) is 53.7 Å². The van der Waals surface area contributed by atoms with Gasteiger partial charge in [-0.15, -0.1) is 0 Å². The predicted molar refractivity (Wildman–Crippen MR) is 123 cm³/mol. The molecule has 3 amide bonds. The Morgan fingerprint density at radius 3 is 1.90 bits per heavy atom. The molecule has 0 bridgehead atoms. The number of nitrogens with zero attached hydrogens (tertiary/aromatic N) is 1. The molecule has 1 aromatic heterocycles. The molecule has 0 saturated heterocycles. The van der Waals surface area contributed by atoms with Crippen LogP contribution in [0, 0.1) is 20.8 Å². The van der Waals surface area contributed by atoms with Gasteiger partial charge in [0.2, 0.25) is 0 Å². The molecule has 0 saturated carbocycles. The van der Waals surface area contributed by atoms with Gasteiger partial charge in [0.1, 0.15) is 5.76 Å². The largest absolute Gasteiger partial charge is 0.359 e. The fourth-order valence-electron chi connectivity index (χ4n) is 3.33. The predicted octanol–water partition coefficient (Wildman–Crippen LogP) is 5.79. The molecule has 0 aliphatic heterocycles. The standard InChI is InChI=1S/C24H28N4O3/c1-14-11-15(2)21(16(3)12-14)22(29)25-17-7-9-18(10-8-17)26-23(30)27-20-13-19(31-28-20)24(4,5)6/h7-13H,1-6H3,(H,25,29)(H2,26,27,28,30). The summed E-state index contributed by atoms with van der Waals surface area (Å²) in [5.74, 6) is 0.867. The first-order chi connectivity index (χ1) is 14.5. The van der Waals surface area contributed by atoms with Crippen LogP contribution in [-0.2, 0) is 5.41 Å². The Bertz CT molecular complexity index is 1090. The summed E-state index contributed by atoms with van der Waals surface area (Å²) in [6.45, 7) is 11.9. The highest BCUT2D eigenvalue weighted by Crippen LogP contribution is 2.24. The number of carbonyl (C=O) groups excluding carboxylic acids is 2. The number of benzene rings is 2. The van der Waals surface area contributed by atoms with Gasteiger partial charge in [-0.2, -0.15) is 0 Å². The van der Waals surface area contributed by atoms with Gasteiger partial charge >= 0.3 is 6.03 Å². The molecule has 0 aliphatic carbocycles. The molecular formula is C24H28N4O3. The maximum Gasteiger partial charge on any atom is 0.324 e. The van der Waals surface area contributed by atoms with Crippen LogP contribution in [0.2, 0.25) is 0 Å². The second-order valence-electron chi connectivity index (χ2n) is 8.71. The normalized spacial score (nSPS) is 11.2. The van der Waals surface area contributed by atoms with Crippen LogP contribution in [0.4, 0.5) is 22.0 Å². The molecule has 3 aromatic rings. The second-order valence-corrected chi connectivity index (χ2v) is 8.71. The van der Waals surface area contributed by atoms with Gasteiger partial charge in [0.15, 0.2) is 5.82 Å². The highest BCUT2D eigenvalue weighted by atomic mass is 16.5. The molecule has 0 atom stereocenters. The van der Waals surface area contributed by atoms with Crippen molar-refractivity contribution in [1.82, 2.24) is 5.16 Å². The first kappa shape index (κ1) is 22.1. The van der Waals surface area contributed by atoms with E-state index in [-0.39, 0.29) is 11.3 Å². The molecule has 2 aromatic carbocycles. The minimum atomic E-state index is -0.434. The first-order valence-electron chi connectivity index (χ1n) is 10.1. The number of urea groups is 1. The van der Waals surface area contributed by atoms with Crippen molar-refractivity contribution in [2.24, 2.45) is 0 Å². The van der Waals surface area contributed by atoms with Crippen LogP contribution in [-0.4, -0.2) is 17.1 Å². The first-order valence-corrected chi connectivity index (χ1v) is 10.1. The lowest BCUT2D eigenvalue weighted by Crippen LogP contribution is -2.19. The third kappa shape index (κ3) is 5.51. The molecule has 3 N–H and O–H groups in total. The molecule has 7 nitrogen and oxygen atoms in total. The molecule has 0 aliphatic rings. The number of rotatable bonds is 4. The number of hydrogen-bond acceptors (Lipinski definition) is 4. The number of nitrogens with one attached hydrogen (secondary N) is 3. The van der Waals surface area contributed by atoms with E-state index in [4.69, 9.17) is 4.52 Å². The van der Waals surface area contributed by atoms with Crippen molar-refractivity contribution in [2.45, 2.75) is 47.0 Å². The summed E-state index contributed by atoms with van der Waals surface area (Å²) in [5, 5.41) is 12.1. The van der Waals surface area contributed by atoms with Crippen LogP contribution in [0.25, 0.3) is 0 Å². The summed E-state index contributed by atoms with van der Waals surface area (Å²) >= 11 is 0. The fraction of sp³-hybridized carbons (Fsp3) is 0.292. The number of hydrogen-bond donors (Lipinski definition) is 3. The van der Waals surface area contributed by atoms with Crippen molar-refractivity contribution in [1.29, 1.82) is 0 Å². The van der Waals surface area contributed by atoms with Crippen molar-refractivity contribution in [3.05, 3.63) is 70.5 Å². The lowest BCUT2D eigenvalue weighted by atomic mass is 9.93. The van der Waals surface area contributed by atoms with Gasteiger partial charge in [0, 0.05) is 28.4 Å². The number of amides is 3. The molecule has 31 heavy (non-hydrogen) atoms. The van der Waals surface area contributed by atoms with E-state index in [2.05, 4.69) is 21.1 Å². The Morgan fingerprint density at radius 2 is 1.39 bits per heavy atom. The fourth-order valence-corrected chi connectivity index (χ4v) is 3.33. The SMILES string of the molecule is Cc1cc(C)c(C(=O)Nc2ccc(NC(=O)Nc3cc(C(C)(C)C)on3)cc2)c(C)c1. The van der Waals surface area contributed by atoms with Gasteiger partial charge in [-0.3, -0.25) is 10.1 Å². The number of aromatic nitrogens is 1. The summed E-state index contributed by atoms with van der Waals surface area (Å²) in [6.07, 6.45) is 0. The van der Waals surface area contributed by atoms with E-state index in [1.54, 1.807) is 30.3 Å². The minimum absolute atomic E-state index is 0.158. The van der Waals surface area contributed by atoms with E-state index in [1.165, 1.54) is 0 Å². The van der Waals surface area contributed by atoms with Crippen LogP contribution in [0.3, 0.4) is 0 Å². The number of anilines is 3. The molecule has 162 valence electrons. The van der Waals surface area contributed by atoms with Crippen LogP contribution in [0.5, 0.6) is 0 Å². The molecule has 0 radical (unpaired) electrons. The molecule has 0 unspecified atom stereocenters. The highest BCUT2D eigenvalue weighted by Gasteiger charge is 2.20. The Balaban J connectivity index is 1.61. The second kappa shape index (κ2) is 8.63. The molecule has 0 spiro atoms. The Labute approximate surface area is 182 Å². The van der Waals surface area contributed by atoms with Crippen LogP contribution in [0.15, 0.2) is 47.0 Å². The minimum Gasteiger partial charge on any atom is -0.359 e. The van der Waals surface area contributed by atoms with Crippen LogP contribution < -0.4 is 16.0 Å². The van der Waals surface area contributed by atoms with Crippen molar-refractivity contribution >= 4 is 29.1 Å². The molecule has 7 heteroatoms. The summed E-state index contributed by atoms with van der Waals surface area (Å²) in [5.41, 5.74) is 4.70. The summed E-state index contributed by atoms with van der Waals surface area (Å²) in [7, 11) is 0. The van der Waals surface area contributed by atoms with Crippen molar-refractivity contribution in [3.8, 4) is 0 Å². The molecule has 1 heterocycles. The van der Waals surface area contributed by atoms with E-state index in [0.29, 0.717) is 28.5 Å². The Morgan fingerprint density at radius 1 is 0.839 bits per heavy atom. The quantitative estimate of drug-likeness (QED) is 0.497. The van der Waals surface area contributed by atoms with Crippen molar-refractivity contribution < 1.29 is 14.1 Å². The van der Waals surface area contributed by atoms with Gasteiger partial charge in [0.05, 0.1) is 0 Å². The third-order valence-corrected chi connectivity index (χ3v) is 4.80. The summed E-state index contributed by atoms with van der Waals surface area (Å²) in [6, 6.07) is 12.2. The highest BCUT2D eigenvalue weighted by molar-refractivity contribution is 6.06. The van der Waals surface area contributed by atoms with Gasteiger partial charge in [0.25, 0.3) is 5.91 Å². The zero-order valence-corrected chi connectivity index (χ0v) is 18.7. The molecule has 0 fully saturated rings. The van der Waals surface area contributed by atoms with E-state index >= 15 is 0 Å². The monoisotopic (exact) mass is 420 g/mol. The van der Waals surface area contributed by atoms with E-state index in [0.717, 1.165) is 16.7 Å². The zero-order valence-electron chi connectivity index (χ0n) is 18.7. The Kier molecular flexibility index (Phi) is 6.15. The lowest BCUT2D eigenvalue weighted by Gasteiger charge is -2.12. The molecule has 3 rings (SSSR count). The maximum absolute atomic E-state index is 12.7. The average Bonchev–Trinajstić information content (AvgIpc) is 3.11. The average molecular weight is 421 g/mol. The number of aryl methyl sites for hydroxylation is 3. The maximum atomic E-state index is 12.7. The topological polar surface area (TPSA) is 96.3 Å². The Hall–Kier alpha value is -3.61. The lowest BCUT2D eigenvalue weighted by molar-refractivity contribution is 0.102. The van der Waals surface area contributed by atoms with Gasteiger partial charge in [-0.05, 0) is 56.2 Å². The van der Waals surface area contributed by atoms with Gasteiger partial charge in [-0.25, -0.2) is 4.79 Å². The summed E-state index contributed by atoms with van der Waals surface area (Å²) in [4.78, 5) is 24.9. The van der Waals surface area contributed by atoms with E-state index in [9.17, 15) is 9.59 Å².